The predicted molar refractivity (Wildman–Crippen MR) is 205 cm³/mol. The summed E-state index contributed by atoms with van der Waals surface area (Å²) < 4.78 is 21.7. The number of aryl methyl sites for hydroxylation is 3. The molecule has 0 spiro atoms. The highest BCUT2D eigenvalue weighted by atomic mass is 16.6. The third kappa shape index (κ3) is 12.2. The lowest BCUT2D eigenvalue weighted by atomic mass is 9.83. The maximum absolute atomic E-state index is 13.1. The zero-order valence-corrected chi connectivity index (χ0v) is 31.4. The van der Waals surface area contributed by atoms with Gasteiger partial charge in [0, 0.05) is 12.5 Å². The summed E-state index contributed by atoms with van der Waals surface area (Å²) in [5.41, 5.74) is 9.95. The van der Waals surface area contributed by atoms with E-state index < -0.39 is 5.92 Å². The van der Waals surface area contributed by atoms with Crippen LogP contribution in [0.2, 0.25) is 0 Å². The monoisotopic (exact) mass is 692 g/mol. The predicted octanol–water partition coefficient (Wildman–Crippen LogP) is 9.52. The highest BCUT2D eigenvalue weighted by Crippen LogP contribution is 2.34. The molecule has 0 saturated heterocycles. The van der Waals surface area contributed by atoms with Gasteiger partial charge in [-0.25, -0.2) is 0 Å². The number of hydrogen-bond donors (Lipinski definition) is 0. The van der Waals surface area contributed by atoms with E-state index in [0.29, 0.717) is 39.5 Å². The van der Waals surface area contributed by atoms with Crippen molar-refractivity contribution in [2.45, 2.75) is 66.7 Å². The van der Waals surface area contributed by atoms with Crippen molar-refractivity contribution in [3.8, 4) is 11.1 Å². The van der Waals surface area contributed by atoms with Crippen molar-refractivity contribution in [3.63, 3.8) is 0 Å². The summed E-state index contributed by atoms with van der Waals surface area (Å²) in [7, 11) is 0. The van der Waals surface area contributed by atoms with Crippen LogP contribution in [0.25, 0.3) is 11.1 Å². The van der Waals surface area contributed by atoms with Crippen LogP contribution in [0.15, 0.2) is 97.1 Å². The lowest BCUT2D eigenvalue weighted by Gasteiger charge is -2.22. The molecule has 3 atom stereocenters. The van der Waals surface area contributed by atoms with E-state index in [1.807, 2.05) is 26.8 Å². The van der Waals surface area contributed by atoms with Crippen LogP contribution in [0, 0.1) is 31.6 Å². The molecular formula is C45H56O6. The van der Waals surface area contributed by atoms with Gasteiger partial charge in [-0.3, -0.25) is 9.59 Å². The molecule has 0 aromatic heterocycles. The molecule has 0 saturated carbocycles. The SMILES string of the molecule is CCOCCOCCOC(=O)C(C)CC(C(=O)OCCCc1ccc(C(c2ccc(-c3ccccc3)cc2)c2ccc(C)c(C)c2)cc1)C(C)C. The van der Waals surface area contributed by atoms with E-state index in [9.17, 15) is 9.59 Å². The van der Waals surface area contributed by atoms with Crippen LogP contribution in [0.5, 0.6) is 0 Å². The molecule has 6 heteroatoms. The highest BCUT2D eigenvalue weighted by molar-refractivity contribution is 5.76. The molecule has 4 aromatic carbocycles. The largest absolute Gasteiger partial charge is 0.465 e. The third-order valence-electron chi connectivity index (χ3n) is 9.55. The maximum Gasteiger partial charge on any atom is 0.309 e. The van der Waals surface area contributed by atoms with E-state index in [2.05, 4.69) is 105 Å². The fourth-order valence-electron chi connectivity index (χ4n) is 6.28. The number of carbonyl (C=O) groups is 2. The van der Waals surface area contributed by atoms with Crippen molar-refractivity contribution in [1.82, 2.24) is 0 Å². The molecule has 4 rings (SSSR count). The topological polar surface area (TPSA) is 71.1 Å². The summed E-state index contributed by atoms with van der Waals surface area (Å²) in [5, 5.41) is 0. The molecule has 272 valence electrons. The fourth-order valence-corrected chi connectivity index (χ4v) is 6.28. The van der Waals surface area contributed by atoms with Crippen LogP contribution >= 0.6 is 0 Å². The van der Waals surface area contributed by atoms with Gasteiger partial charge >= 0.3 is 11.9 Å². The number of ether oxygens (including phenoxy) is 4. The van der Waals surface area contributed by atoms with Gasteiger partial charge in [-0.05, 0) is 90.5 Å². The van der Waals surface area contributed by atoms with Crippen molar-refractivity contribution in [2.24, 2.45) is 17.8 Å². The van der Waals surface area contributed by atoms with Crippen LogP contribution in [0.4, 0.5) is 0 Å². The lowest BCUT2D eigenvalue weighted by molar-refractivity contribution is -0.154. The Morgan fingerprint density at radius 1 is 0.608 bits per heavy atom. The van der Waals surface area contributed by atoms with Gasteiger partial charge in [0.1, 0.15) is 6.61 Å². The van der Waals surface area contributed by atoms with E-state index in [0.717, 1.165) is 12.8 Å². The number of carbonyl (C=O) groups excluding carboxylic acids is 2. The summed E-state index contributed by atoms with van der Waals surface area (Å²) in [4.78, 5) is 25.6. The van der Waals surface area contributed by atoms with Crippen molar-refractivity contribution in [2.75, 3.05) is 39.6 Å². The number of rotatable bonds is 20. The Morgan fingerprint density at radius 3 is 1.84 bits per heavy atom. The quantitative estimate of drug-likeness (QED) is 0.0522. The number of hydrogen-bond acceptors (Lipinski definition) is 6. The van der Waals surface area contributed by atoms with Crippen LogP contribution in [0.1, 0.15) is 79.8 Å². The molecule has 0 heterocycles. The Kier molecular flexibility index (Phi) is 15.9. The van der Waals surface area contributed by atoms with Gasteiger partial charge in [-0.1, -0.05) is 118 Å². The molecule has 0 amide bonds. The highest BCUT2D eigenvalue weighted by Gasteiger charge is 2.29. The van der Waals surface area contributed by atoms with Gasteiger partial charge in [-0.15, -0.1) is 0 Å². The summed E-state index contributed by atoms with van der Waals surface area (Å²) in [6.07, 6.45) is 1.91. The van der Waals surface area contributed by atoms with E-state index >= 15 is 0 Å². The molecule has 0 radical (unpaired) electrons. The normalized spacial score (nSPS) is 13.1. The van der Waals surface area contributed by atoms with Crippen LogP contribution < -0.4 is 0 Å². The smallest absolute Gasteiger partial charge is 0.309 e. The molecule has 51 heavy (non-hydrogen) atoms. The molecule has 0 aliphatic heterocycles. The molecule has 4 aromatic rings. The Bertz CT molecular complexity index is 1630. The second kappa shape index (κ2) is 20.6. The average Bonchev–Trinajstić information content (AvgIpc) is 3.14. The zero-order valence-electron chi connectivity index (χ0n) is 31.4. The molecule has 0 fully saturated rings. The standard InChI is InChI=1S/C45H56O6/c1-7-48-26-27-49-28-29-51-44(46)35(6)31-42(32(2)3)45(47)50-25-11-12-36-16-19-39(20-17-36)43(41-18-15-33(4)34(5)30-41)40-23-21-38(22-24-40)37-13-9-8-10-14-37/h8-10,13-24,30,32,35,42-43H,7,11-12,25-29,31H2,1-6H3. The summed E-state index contributed by atoms with van der Waals surface area (Å²) in [6, 6.07) is 35.0. The Hall–Kier alpha value is -4.26. The van der Waals surface area contributed by atoms with Gasteiger partial charge in [0.25, 0.3) is 0 Å². The van der Waals surface area contributed by atoms with E-state index in [-0.39, 0.29) is 36.3 Å². The molecule has 0 aliphatic rings. The number of esters is 2. The van der Waals surface area contributed by atoms with Crippen molar-refractivity contribution < 1.29 is 28.5 Å². The average molecular weight is 693 g/mol. The van der Waals surface area contributed by atoms with Gasteiger partial charge in [-0.2, -0.15) is 0 Å². The maximum atomic E-state index is 13.1. The fraction of sp³-hybridized carbons (Fsp3) is 0.422. The van der Waals surface area contributed by atoms with Gasteiger partial charge in [0.15, 0.2) is 0 Å². The van der Waals surface area contributed by atoms with Gasteiger partial charge < -0.3 is 18.9 Å². The third-order valence-corrected chi connectivity index (χ3v) is 9.55. The minimum absolute atomic E-state index is 0.0435. The van der Waals surface area contributed by atoms with Gasteiger partial charge in [0.05, 0.1) is 38.3 Å². The van der Waals surface area contributed by atoms with Crippen LogP contribution in [0.3, 0.4) is 0 Å². The second-order valence-electron chi connectivity index (χ2n) is 13.7. The minimum atomic E-state index is -0.415. The molecular weight excluding hydrogens is 636 g/mol. The molecule has 0 N–H and O–H groups in total. The Morgan fingerprint density at radius 2 is 1.20 bits per heavy atom. The summed E-state index contributed by atoms with van der Waals surface area (Å²) in [5.74, 6) is -1.22. The van der Waals surface area contributed by atoms with Crippen LogP contribution in [-0.2, 0) is 35.0 Å². The summed E-state index contributed by atoms with van der Waals surface area (Å²) >= 11 is 0. The van der Waals surface area contributed by atoms with Crippen molar-refractivity contribution >= 4 is 11.9 Å². The molecule has 0 bridgehead atoms. The molecule has 0 aliphatic carbocycles. The van der Waals surface area contributed by atoms with Crippen molar-refractivity contribution in [1.29, 1.82) is 0 Å². The lowest BCUT2D eigenvalue weighted by Crippen LogP contribution is -2.28. The number of benzene rings is 4. The van der Waals surface area contributed by atoms with E-state index in [1.54, 1.807) is 6.92 Å². The van der Waals surface area contributed by atoms with E-state index in [1.165, 1.54) is 44.5 Å². The first-order valence-electron chi connectivity index (χ1n) is 18.5. The zero-order chi connectivity index (χ0) is 36.6. The molecule has 6 nitrogen and oxygen atoms in total. The Balaban J connectivity index is 1.31. The summed E-state index contributed by atoms with van der Waals surface area (Å²) in [6.45, 7) is 14.5. The second-order valence-corrected chi connectivity index (χ2v) is 13.7. The van der Waals surface area contributed by atoms with Gasteiger partial charge in [0.2, 0.25) is 0 Å². The first-order valence-corrected chi connectivity index (χ1v) is 18.5. The van der Waals surface area contributed by atoms with Crippen LogP contribution in [-0.4, -0.2) is 51.6 Å². The first-order chi connectivity index (χ1) is 24.7. The Labute approximate surface area is 305 Å². The van der Waals surface area contributed by atoms with E-state index in [4.69, 9.17) is 18.9 Å². The first kappa shape index (κ1) is 39.5. The minimum Gasteiger partial charge on any atom is -0.465 e. The molecule has 3 unspecified atom stereocenters. The van der Waals surface area contributed by atoms with Crippen molar-refractivity contribution in [3.05, 3.63) is 130 Å².